The van der Waals surface area contributed by atoms with Crippen LogP contribution in [0.1, 0.15) is 0 Å². The molecule has 0 radical (unpaired) electrons. The van der Waals surface area contributed by atoms with E-state index in [0.717, 1.165) is 32.7 Å². The van der Waals surface area contributed by atoms with Crippen LogP contribution in [0.15, 0.2) is 59.1 Å². The van der Waals surface area contributed by atoms with Crippen LogP contribution in [0.5, 0.6) is 5.75 Å². The molecule has 0 aliphatic rings. The van der Waals surface area contributed by atoms with Gasteiger partial charge in [-0.1, -0.05) is 40.2 Å². The number of nitrogens with zero attached hydrogens (tertiary/aromatic N) is 2. The van der Waals surface area contributed by atoms with Gasteiger partial charge in [0.2, 0.25) is 5.95 Å². The predicted molar refractivity (Wildman–Crippen MR) is 91.6 cm³/mol. The molecule has 1 heterocycles. The maximum Gasteiger partial charge on any atom is 0.221 e. The monoisotopic (exact) mass is 355 g/mol. The molecule has 0 saturated carbocycles. The fourth-order valence-electron chi connectivity index (χ4n) is 2.23. The molecule has 110 valence electrons. The standard InChI is InChI=1S/C17H14BrN3O/c1-22-16-5-3-2-4-13(16)15-10-14(20-17(19)21-15)11-6-8-12(18)9-7-11/h2-10H,1H3,(H2,19,20,21). The minimum atomic E-state index is 0.237. The van der Waals surface area contributed by atoms with Crippen molar-refractivity contribution in [2.24, 2.45) is 0 Å². The highest BCUT2D eigenvalue weighted by Crippen LogP contribution is 2.31. The molecule has 4 nitrogen and oxygen atoms in total. The molecule has 5 heteroatoms. The fraction of sp³-hybridized carbons (Fsp3) is 0.0588. The third-order valence-corrected chi connectivity index (χ3v) is 3.80. The molecule has 0 fully saturated rings. The first kappa shape index (κ1) is 14.5. The van der Waals surface area contributed by atoms with E-state index in [2.05, 4.69) is 25.9 Å². The number of rotatable bonds is 3. The second-order valence-electron chi connectivity index (χ2n) is 4.70. The third kappa shape index (κ3) is 2.94. The van der Waals surface area contributed by atoms with Gasteiger partial charge in [-0.15, -0.1) is 0 Å². The minimum Gasteiger partial charge on any atom is -0.496 e. The summed E-state index contributed by atoms with van der Waals surface area (Å²) in [5, 5.41) is 0. The van der Waals surface area contributed by atoms with Crippen molar-refractivity contribution in [3.63, 3.8) is 0 Å². The molecular weight excluding hydrogens is 342 g/mol. The second kappa shape index (κ2) is 6.15. The zero-order valence-electron chi connectivity index (χ0n) is 12.0. The summed E-state index contributed by atoms with van der Waals surface area (Å²) in [7, 11) is 1.64. The first-order valence-electron chi connectivity index (χ1n) is 6.71. The molecule has 0 atom stereocenters. The van der Waals surface area contributed by atoms with Crippen molar-refractivity contribution in [1.29, 1.82) is 0 Å². The van der Waals surface area contributed by atoms with Crippen LogP contribution in [0.3, 0.4) is 0 Å². The van der Waals surface area contributed by atoms with Crippen LogP contribution in [0, 0.1) is 0 Å². The maximum absolute atomic E-state index is 5.88. The average Bonchev–Trinajstić information content (AvgIpc) is 2.55. The van der Waals surface area contributed by atoms with Gasteiger partial charge in [-0.2, -0.15) is 0 Å². The van der Waals surface area contributed by atoms with Crippen molar-refractivity contribution in [2.45, 2.75) is 0 Å². The number of ether oxygens (including phenoxy) is 1. The molecule has 0 bridgehead atoms. The second-order valence-corrected chi connectivity index (χ2v) is 5.62. The van der Waals surface area contributed by atoms with Crippen molar-refractivity contribution in [3.8, 4) is 28.3 Å². The van der Waals surface area contributed by atoms with Gasteiger partial charge in [-0.05, 0) is 30.3 Å². The van der Waals surface area contributed by atoms with Gasteiger partial charge in [0.1, 0.15) is 5.75 Å². The number of anilines is 1. The zero-order chi connectivity index (χ0) is 15.5. The highest BCUT2D eigenvalue weighted by molar-refractivity contribution is 9.10. The van der Waals surface area contributed by atoms with Crippen LogP contribution < -0.4 is 10.5 Å². The lowest BCUT2D eigenvalue weighted by molar-refractivity contribution is 0.416. The van der Waals surface area contributed by atoms with Crippen molar-refractivity contribution in [3.05, 3.63) is 59.1 Å². The minimum absolute atomic E-state index is 0.237. The van der Waals surface area contributed by atoms with E-state index in [0.29, 0.717) is 0 Å². The lowest BCUT2D eigenvalue weighted by Gasteiger charge is -2.10. The van der Waals surface area contributed by atoms with Gasteiger partial charge in [-0.3, -0.25) is 0 Å². The van der Waals surface area contributed by atoms with Crippen LogP contribution in [0.4, 0.5) is 5.95 Å². The average molecular weight is 356 g/mol. The van der Waals surface area contributed by atoms with Crippen LogP contribution in [-0.4, -0.2) is 17.1 Å². The summed E-state index contributed by atoms with van der Waals surface area (Å²) in [4.78, 5) is 8.66. The summed E-state index contributed by atoms with van der Waals surface area (Å²) < 4.78 is 6.41. The van der Waals surface area contributed by atoms with Crippen molar-refractivity contribution in [2.75, 3.05) is 12.8 Å². The molecule has 1 aromatic heterocycles. The Bertz CT molecular complexity index is 803. The first-order chi connectivity index (χ1) is 10.7. The molecule has 0 unspecified atom stereocenters. The Kier molecular flexibility index (Phi) is 4.06. The topological polar surface area (TPSA) is 61.0 Å². The summed E-state index contributed by atoms with van der Waals surface area (Å²) in [5.74, 6) is 0.990. The summed E-state index contributed by atoms with van der Waals surface area (Å²) in [6.07, 6.45) is 0. The number of hydrogen-bond acceptors (Lipinski definition) is 4. The summed E-state index contributed by atoms with van der Waals surface area (Å²) in [5.41, 5.74) is 9.27. The Balaban J connectivity index is 2.12. The summed E-state index contributed by atoms with van der Waals surface area (Å²) in [6, 6.07) is 17.5. The summed E-state index contributed by atoms with van der Waals surface area (Å²) in [6.45, 7) is 0. The van der Waals surface area contributed by atoms with Gasteiger partial charge in [0.15, 0.2) is 0 Å². The summed E-state index contributed by atoms with van der Waals surface area (Å²) >= 11 is 3.43. The van der Waals surface area contributed by atoms with Crippen LogP contribution in [0.2, 0.25) is 0 Å². The molecular formula is C17H14BrN3O. The first-order valence-corrected chi connectivity index (χ1v) is 7.50. The molecule has 0 aliphatic heterocycles. The zero-order valence-corrected chi connectivity index (χ0v) is 13.5. The fourth-order valence-corrected chi connectivity index (χ4v) is 2.49. The van der Waals surface area contributed by atoms with Crippen molar-refractivity contribution in [1.82, 2.24) is 9.97 Å². The Labute approximate surface area is 137 Å². The van der Waals surface area contributed by atoms with E-state index < -0.39 is 0 Å². The Morgan fingerprint density at radius 2 is 1.64 bits per heavy atom. The smallest absolute Gasteiger partial charge is 0.221 e. The molecule has 0 saturated heterocycles. The molecule has 3 aromatic rings. The number of halogens is 1. The quantitative estimate of drug-likeness (QED) is 0.765. The number of methoxy groups -OCH3 is 1. The van der Waals surface area contributed by atoms with Gasteiger partial charge >= 0.3 is 0 Å². The molecule has 0 aliphatic carbocycles. The van der Waals surface area contributed by atoms with E-state index >= 15 is 0 Å². The normalized spacial score (nSPS) is 10.5. The highest BCUT2D eigenvalue weighted by atomic mass is 79.9. The van der Waals surface area contributed by atoms with Gasteiger partial charge < -0.3 is 10.5 Å². The van der Waals surface area contributed by atoms with E-state index in [9.17, 15) is 0 Å². The highest BCUT2D eigenvalue weighted by Gasteiger charge is 2.10. The van der Waals surface area contributed by atoms with Gasteiger partial charge in [0, 0.05) is 15.6 Å². The maximum atomic E-state index is 5.88. The molecule has 3 rings (SSSR count). The van der Waals surface area contributed by atoms with Crippen LogP contribution >= 0.6 is 15.9 Å². The van der Waals surface area contributed by atoms with Gasteiger partial charge in [-0.25, -0.2) is 9.97 Å². The van der Waals surface area contributed by atoms with E-state index in [4.69, 9.17) is 10.5 Å². The number of para-hydroxylation sites is 1. The van der Waals surface area contributed by atoms with E-state index in [1.165, 1.54) is 0 Å². The number of hydrogen-bond donors (Lipinski definition) is 1. The number of nitrogen functional groups attached to an aromatic ring is 1. The van der Waals surface area contributed by atoms with Crippen molar-refractivity contribution < 1.29 is 4.74 Å². The molecule has 2 N–H and O–H groups in total. The number of benzene rings is 2. The SMILES string of the molecule is COc1ccccc1-c1cc(-c2ccc(Br)cc2)nc(N)n1. The third-order valence-electron chi connectivity index (χ3n) is 3.27. The van der Waals surface area contributed by atoms with Gasteiger partial charge in [0.25, 0.3) is 0 Å². The number of aromatic nitrogens is 2. The van der Waals surface area contributed by atoms with Crippen molar-refractivity contribution >= 4 is 21.9 Å². The Morgan fingerprint density at radius 3 is 2.36 bits per heavy atom. The van der Waals surface area contributed by atoms with Crippen LogP contribution in [0.25, 0.3) is 22.5 Å². The predicted octanol–water partition coefficient (Wildman–Crippen LogP) is 4.16. The molecule has 22 heavy (non-hydrogen) atoms. The Morgan fingerprint density at radius 1 is 0.955 bits per heavy atom. The van der Waals surface area contributed by atoms with Crippen LogP contribution in [-0.2, 0) is 0 Å². The van der Waals surface area contributed by atoms with E-state index in [1.807, 2.05) is 54.6 Å². The largest absolute Gasteiger partial charge is 0.496 e. The van der Waals surface area contributed by atoms with E-state index in [1.54, 1.807) is 7.11 Å². The molecule has 0 amide bonds. The lowest BCUT2D eigenvalue weighted by Crippen LogP contribution is -1.99. The lowest BCUT2D eigenvalue weighted by atomic mass is 10.1. The molecule has 0 spiro atoms. The van der Waals surface area contributed by atoms with Gasteiger partial charge in [0.05, 0.1) is 18.5 Å². The molecule has 2 aromatic carbocycles. The van der Waals surface area contributed by atoms with E-state index in [-0.39, 0.29) is 5.95 Å². The Hall–Kier alpha value is -2.40. The number of nitrogens with two attached hydrogens (primary N) is 1.